The van der Waals surface area contributed by atoms with E-state index in [1.54, 1.807) is 25.1 Å². The number of amides is 2. The molecule has 0 aromatic heterocycles. The van der Waals surface area contributed by atoms with Gasteiger partial charge in [-0.15, -0.1) is 0 Å². The summed E-state index contributed by atoms with van der Waals surface area (Å²) in [5.74, 6) is -0.681. The molecule has 1 aliphatic carbocycles. The van der Waals surface area contributed by atoms with Gasteiger partial charge in [-0.25, -0.2) is 13.6 Å². The average Bonchev–Trinajstić information content (AvgIpc) is 3.33. The number of halogens is 2. The highest BCUT2D eigenvalue weighted by Gasteiger charge is 2.41. The summed E-state index contributed by atoms with van der Waals surface area (Å²) in [7, 11) is 0. The Morgan fingerprint density at radius 3 is 2.56 bits per heavy atom. The Balaban J connectivity index is 1.50. The molecule has 0 spiro atoms. The molecule has 2 aromatic rings. The molecule has 2 aromatic carbocycles. The van der Waals surface area contributed by atoms with Crippen LogP contribution >= 0.6 is 0 Å². The van der Waals surface area contributed by atoms with Gasteiger partial charge in [0.15, 0.2) is 0 Å². The predicted octanol–water partition coefficient (Wildman–Crippen LogP) is 3.03. The van der Waals surface area contributed by atoms with Crippen LogP contribution in [0.5, 0.6) is 0 Å². The normalized spacial score (nSPS) is 21.3. The van der Waals surface area contributed by atoms with Crippen molar-refractivity contribution in [3.63, 3.8) is 0 Å². The van der Waals surface area contributed by atoms with Gasteiger partial charge < -0.3 is 15.7 Å². The van der Waals surface area contributed by atoms with Crippen molar-refractivity contribution < 1.29 is 18.7 Å². The Morgan fingerprint density at radius 2 is 1.88 bits per heavy atom. The van der Waals surface area contributed by atoms with Crippen LogP contribution in [0.4, 0.5) is 13.6 Å². The number of aliphatic hydroxyl groups is 1. The van der Waals surface area contributed by atoms with Crippen LogP contribution in [-0.2, 0) is 5.60 Å². The van der Waals surface area contributed by atoms with Crippen LogP contribution in [0, 0.1) is 11.6 Å². The lowest BCUT2D eigenvalue weighted by molar-refractivity contribution is 0.0593. The molecular weight excluding hydrogens is 326 g/mol. The van der Waals surface area contributed by atoms with E-state index in [0.29, 0.717) is 17.5 Å². The molecule has 6 heteroatoms. The molecule has 25 heavy (non-hydrogen) atoms. The second kappa shape index (κ2) is 6.80. The fourth-order valence-electron chi connectivity index (χ4n) is 2.86. The first-order chi connectivity index (χ1) is 11.9. The van der Waals surface area contributed by atoms with Gasteiger partial charge in [-0.1, -0.05) is 30.3 Å². The first-order valence-electron chi connectivity index (χ1n) is 8.14. The van der Waals surface area contributed by atoms with Crippen molar-refractivity contribution in [3.8, 4) is 0 Å². The smallest absolute Gasteiger partial charge is 0.315 e. The minimum atomic E-state index is -1.32. The molecule has 0 aliphatic heterocycles. The molecule has 3 rings (SSSR count). The zero-order chi connectivity index (χ0) is 18.0. The number of benzene rings is 2. The molecule has 0 heterocycles. The summed E-state index contributed by atoms with van der Waals surface area (Å²) in [5.41, 5.74) is -0.213. The molecule has 0 radical (unpaired) electrons. The fraction of sp³-hybridized carbons (Fsp3) is 0.316. The van der Waals surface area contributed by atoms with E-state index in [4.69, 9.17) is 0 Å². The van der Waals surface area contributed by atoms with Crippen LogP contribution in [0.3, 0.4) is 0 Å². The van der Waals surface area contributed by atoms with Gasteiger partial charge in [0.25, 0.3) is 0 Å². The third kappa shape index (κ3) is 4.14. The second-order valence-corrected chi connectivity index (χ2v) is 6.58. The first-order valence-corrected chi connectivity index (χ1v) is 8.14. The Morgan fingerprint density at radius 1 is 1.20 bits per heavy atom. The fourth-order valence-corrected chi connectivity index (χ4v) is 2.86. The molecule has 1 aliphatic rings. The van der Waals surface area contributed by atoms with Gasteiger partial charge in [0.2, 0.25) is 0 Å². The van der Waals surface area contributed by atoms with Crippen LogP contribution in [0.1, 0.15) is 30.4 Å². The summed E-state index contributed by atoms with van der Waals surface area (Å²) >= 11 is 0. The molecule has 3 unspecified atom stereocenters. The van der Waals surface area contributed by atoms with Crippen LogP contribution < -0.4 is 10.6 Å². The lowest BCUT2D eigenvalue weighted by atomic mass is 9.96. The van der Waals surface area contributed by atoms with Crippen molar-refractivity contribution in [2.24, 2.45) is 0 Å². The number of hydrogen-bond acceptors (Lipinski definition) is 2. The molecule has 132 valence electrons. The van der Waals surface area contributed by atoms with Gasteiger partial charge in [0, 0.05) is 12.0 Å². The van der Waals surface area contributed by atoms with Crippen molar-refractivity contribution >= 4 is 6.03 Å². The molecule has 0 bridgehead atoms. The number of carbonyl (C=O) groups is 1. The molecule has 3 atom stereocenters. The first kappa shape index (κ1) is 17.4. The molecule has 2 amide bonds. The highest BCUT2D eigenvalue weighted by Crippen LogP contribution is 2.41. The zero-order valence-corrected chi connectivity index (χ0v) is 13.8. The van der Waals surface area contributed by atoms with Crippen molar-refractivity contribution in [1.82, 2.24) is 10.6 Å². The zero-order valence-electron chi connectivity index (χ0n) is 13.8. The number of rotatable bonds is 5. The van der Waals surface area contributed by atoms with E-state index in [1.165, 1.54) is 30.3 Å². The summed E-state index contributed by atoms with van der Waals surface area (Å²) in [6, 6.07) is 11.5. The quantitative estimate of drug-likeness (QED) is 0.779. The molecule has 4 nitrogen and oxygen atoms in total. The van der Waals surface area contributed by atoms with Gasteiger partial charge in [-0.2, -0.15) is 0 Å². The number of nitrogens with one attached hydrogen (secondary N) is 2. The predicted molar refractivity (Wildman–Crippen MR) is 90.1 cm³/mol. The summed E-state index contributed by atoms with van der Waals surface area (Å²) < 4.78 is 26.7. The van der Waals surface area contributed by atoms with E-state index < -0.39 is 17.4 Å². The summed E-state index contributed by atoms with van der Waals surface area (Å²) in [4.78, 5) is 12.0. The third-order valence-corrected chi connectivity index (χ3v) is 4.47. The summed E-state index contributed by atoms with van der Waals surface area (Å²) in [6.07, 6.45) is 0.683. The SMILES string of the molecule is CC(O)(CNC(=O)NC1CC1c1ccccc1F)c1ccc(F)cc1. The standard InChI is InChI=1S/C19H20F2N2O2/c1-19(25,12-6-8-13(20)9-7-12)11-22-18(24)23-17-10-15(17)14-4-2-3-5-16(14)21/h2-9,15,17,25H,10-11H2,1H3,(H2,22,23,24). The number of urea groups is 1. The highest BCUT2D eigenvalue weighted by atomic mass is 19.1. The van der Waals surface area contributed by atoms with Gasteiger partial charge in [-0.05, 0) is 42.7 Å². The van der Waals surface area contributed by atoms with E-state index in [2.05, 4.69) is 10.6 Å². The largest absolute Gasteiger partial charge is 0.384 e. The maximum absolute atomic E-state index is 13.7. The summed E-state index contributed by atoms with van der Waals surface area (Å²) in [6.45, 7) is 1.52. The molecule has 0 saturated heterocycles. The van der Waals surface area contributed by atoms with Crippen LogP contribution in [-0.4, -0.2) is 23.7 Å². The minimum absolute atomic E-state index is 0.0236. The third-order valence-electron chi connectivity index (χ3n) is 4.47. The lowest BCUT2D eigenvalue weighted by Gasteiger charge is -2.24. The lowest BCUT2D eigenvalue weighted by Crippen LogP contribution is -2.44. The van der Waals surface area contributed by atoms with Gasteiger partial charge in [0.05, 0.1) is 6.54 Å². The second-order valence-electron chi connectivity index (χ2n) is 6.58. The van der Waals surface area contributed by atoms with E-state index >= 15 is 0 Å². The van der Waals surface area contributed by atoms with Crippen molar-refractivity contribution in [2.45, 2.75) is 30.9 Å². The van der Waals surface area contributed by atoms with E-state index in [-0.39, 0.29) is 24.3 Å². The minimum Gasteiger partial charge on any atom is -0.384 e. The molecule has 1 fully saturated rings. The van der Waals surface area contributed by atoms with Crippen molar-refractivity contribution in [2.75, 3.05) is 6.54 Å². The molecule has 3 N–H and O–H groups in total. The average molecular weight is 346 g/mol. The van der Waals surface area contributed by atoms with Crippen LogP contribution in [0.15, 0.2) is 48.5 Å². The van der Waals surface area contributed by atoms with E-state index in [9.17, 15) is 18.7 Å². The van der Waals surface area contributed by atoms with Gasteiger partial charge in [0.1, 0.15) is 17.2 Å². The van der Waals surface area contributed by atoms with E-state index in [0.717, 1.165) is 0 Å². The maximum atomic E-state index is 13.7. The Hall–Kier alpha value is -2.47. The van der Waals surface area contributed by atoms with Gasteiger partial charge in [-0.3, -0.25) is 0 Å². The topological polar surface area (TPSA) is 61.4 Å². The molecule has 1 saturated carbocycles. The van der Waals surface area contributed by atoms with Crippen LogP contribution in [0.2, 0.25) is 0 Å². The summed E-state index contributed by atoms with van der Waals surface area (Å²) in [5, 5.41) is 15.8. The van der Waals surface area contributed by atoms with Gasteiger partial charge >= 0.3 is 6.03 Å². The van der Waals surface area contributed by atoms with Crippen LogP contribution in [0.25, 0.3) is 0 Å². The van der Waals surface area contributed by atoms with E-state index in [1.807, 2.05) is 0 Å². The number of hydrogen-bond donors (Lipinski definition) is 3. The Bertz CT molecular complexity index is 762. The van der Waals surface area contributed by atoms with Crippen molar-refractivity contribution in [1.29, 1.82) is 0 Å². The molecular formula is C19H20F2N2O2. The Kier molecular flexibility index (Phi) is 4.72. The van der Waals surface area contributed by atoms with Crippen molar-refractivity contribution in [3.05, 3.63) is 71.3 Å². The number of carbonyl (C=O) groups excluding carboxylic acids is 1. The highest BCUT2D eigenvalue weighted by molar-refractivity contribution is 5.75. The monoisotopic (exact) mass is 346 g/mol. The maximum Gasteiger partial charge on any atom is 0.315 e. The Labute approximate surface area is 144 Å².